The summed E-state index contributed by atoms with van der Waals surface area (Å²) >= 11 is 0. The molecule has 0 aliphatic rings. The van der Waals surface area contributed by atoms with Crippen molar-refractivity contribution < 1.29 is 14.3 Å². The minimum Gasteiger partial charge on any atom is -0.465 e. The molecule has 1 N–H and O–H groups in total. The minimum absolute atomic E-state index is 0.188. The number of aromatic nitrogens is 1. The van der Waals surface area contributed by atoms with E-state index in [0.29, 0.717) is 5.56 Å². The van der Waals surface area contributed by atoms with Gasteiger partial charge in [0.15, 0.2) is 5.78 Å². The highest BCUT2D eigenvalue weighted by molar-refractivity contribution is 6.09. The van der Waals surface area contributed by atoms with Gasteiger partial charge in [0.1, 0.15) is 5.92 Å². The maximum Gasteiger partial charge on any atom is 0.319 e. The monoisotopic (exact) mass is 424 g/mol. The van der Waals surface area contributed by atoms with Crippen LogP contribution in [0.3, 0.4) is 0 Å². The van der Waals surface area contributed by atoms with Crippen molar-refractivity contribution in [2.24, 2.45) is 5.92 Å². The SMILES string of the molecule is CCOC(=O)C(C(=O)c1cccnc1)C(Nc1ccc2ccccc2c1)c1ccccc1. The summed E-state index contributed by atoms with van der Waals surface area (Å²) in [5, 5.41) is 5.61. The van der Waals surface area contributed by atoms with Crippen molar-refractivity contribution in [3.05, 3.63) is 108 Å². The van der Waals surface area contributed by atoms with Gasteiger partial charge >= 0.3 is 5.97 Å². The summed E-state index contributed by atoms with van der Waals surface area (Å²) < 4.78 is 5.34. The summed E-state index contributed by atoms with van der Waals surface area (Å²) in [5.41, 5.74) is 1.99. The van der Waals surface area contributed by atoms with Crippen LogP contribution < -0.4 is 5.32 Å². The van der Waals surface area contributed by atoms with Crippen molar-refractivity contribution in [1.29, 1.82) is 0 Å². The number of anilines is 1. The smallest absolute Gasteiger partial charge is 0.319 e. The van der Waals surface area contributed by atoms with Gasteiger partial charge in [0.05, 0.1) is 12.6 Å². The van der Waals surface area contributed by atoms with Crippen LogP contribution in [0.1, 0.15) is 28.9 Å². The molecule has 0 aliphatic heterocycles. The predicted octanol–water partition coefficient (Wildman–Crippen LogP) is 5.45. The highest BCUT2D eigenvalue weighted by Crippen LogP contribution is 2.31. The van der Waals surface area contributed by atoms with Crippen molar-refractivity contribution in [3.8, 4) is 0 Å². The van der Waals surface area contributed by atoms with Crippen molar-refractivity contribution in [2.75, 3.05) is 11.9 Å². The van der Waals surface area contributed by atoms with Crippen LogP contribution in [-0.2, 0) is 9.53 Å². The van der Waals surface area contributed by atoms with E-state index >= 15 is 0 Å². The average molecular weight is 425 g/mol. The Morgan fingerprint density at radius 3 is 2.38 bits per heavy atom. The molecule has 0 saturated heterocycles. The van der Waals surface area contributed by atoms with Crippen LogP contribution in [0.4, 0.5) is 5.69 Å². The third-order valence-electron chi connectivity index (χ3n) is 5.33. The quantitative estimate of drug-likeness (QED) is 0.231. The summed E-state index contributed by atoms with van der Waals surface area (Å²) in [6.07, 6.45) is 3.07. The van der Waals surface area contributed by atoms with E-state index in [2.05, 4.69) is 10.3 Å². The number of hydrogen-bond donors (Lipinski definition) is 1. The fraction of sp³-hybridized carbons (Fsp3) is 0.148. The molecule has 0 bridgehead atoms. The summed E-state index contributed by atoms with van der Waals surface area (Å²) in [7, 11) is 0. The van der Waals surface area contributed by atoms with E-state index < -0.39 is 17.9 Å². The molecule has 0 radical (unpaired) electrons. The normalized spacial score (nSPS) is 12.7. The van der Waals surface area contributed by atoms with Crippen molar-refractivity contribution in [3.63, 3.8) is 0 Å². The second-order valence-corrected chi connectivity index (χ2v) is 7.43. The van der Waals surface area contributed by atoms with Crippen LogP contribution in [0, 0.1) is 5.92 Å². The van der Waals surface area contributed by atoms with Gasteiger partial charge < -0.3 is 10.1 Å². The molecule has 5 heteroatoms. The van der Waals surface area contributed by atoms with E-state index in [1.165, 1.54) is 6.20 Å². The van der Waals surface area contributed by atoms with Crippen LogP contribution in [0.5, 0.6) is 0 Å². The molecule has 0 spiro atoms. The molecule has 3 aromatic carbocycles. The molecule has 4 aromatic rings. The third-order valence-corrected chi connectivity index (χ3v) is 5.33. The number of benzene rings is 3. The first-order valence-electron chi connectivity index (χ1n) is 10.6. The number of fused-ring (bicyclic) bond motifs is 1. The van der Waals surface area contributed by atoms with E-state index in [0.717, 1.165) is 22.0 Å². The summed E-state index contributed by atoms with van der Waals surface area (Å²) in [5.74, 6) is -1.98. The maximum absolute atomic E-state index is 13.5. The Morgan fingerprint density at radius 2 is 1.66 bits per heavy atom. The summed E-state index contributed by atoms with van der Waals surface area (Å²) in [6.45, 7) is 1.92. The lowest BCUT2D eigenvalue weighted by Crippen LogP contribution is -2.35. The Balaban J connectivity index is 1.78. The molecule has 2 atom stereocenters. The number of pyridine rings is 1. The van der Waals surface area contributed by atoms with Crippen LogP contribution in [0.25, 0.3) is 10.8 Å². The van der Waals surface area contributed by atoms with Gasteiger partial charge in [-0.3, -0.25) is 14.6 Å². The Hall–Kier alpha value is -3.99. The van der Waals surface area contributed by atoms with Crippen LogP contribution in [0.15, 0.2) is 97.3 Å². The van der Waals surface area contributed by atoms with Gasteiger partial charge in [0.2, 0.25) is 0 Å². The molecular formula is C27H24N2O3. The summed E-state index contributed by atoms with van der Waals surface area (Å²) in [4.78, 5) is 30.6. The highest BCUT2D eigenvalue weighted by Gasteiger charge is 2.38. The van der Waals surface area contributed by atoms with Crippen molar-refractivity contribution in [2.45, 2.75) is 13.0 Å². The van der Waals surface area contributed by atoms with Crippen LogP contribution in [0.2, 0.25) is 0 Å². The van der Waals surface area contributed by atoms with E-state index in [-0.39, 0.29) is 12.4 Å². The number of nitrogens with one attached hydrogen (secondary N) is 1. The minimum atomic E-state index is -1.08. The third kappa shape index (κ3) is 4.67. The molecular weight excluding hydrogens is 400 g/mol. The number of nitrogens with zero attached hydrogens (tertiary/aromatic N) is 1. The molecule has 160 valence electrons. The van der Waals surface area contributed by atoms with Gasteiger partial charge in [-0.05, 0) is 47.5 Å². The average Bonchev–Trinajstić information content (AvgIpc) is 2.84. The first kappa shape index (κ1) is 21.2. The number of ketones is 1. The highest BCUT2D eigenvalue weighted by atomic mass is 16.5. The molecule has 2 unspecified atom stereocenters. The molecule has 32 heavy (non-hydrogen) atoms. The Kier molecular flexibility index (Phi) is 6.56. The fourth-order valence-corrected chi connectivity index (χ4v) is 3.79. The second kappa shape index (κ2) is 9.88. The molecule has 0 aliphatic carbocycles. The largest absolute Gasteiger partial charge is 0.465 e. The lowest BCUT2D eigenvalue weighted by Gasteiger charge is -2.27. The number of ether oxygens (including phenoxy) is 1. The summed E-state index contributed by atoms with van der Waals surface area (Å²) in [6, 6.07) is 26.2. The van der Waals surface area contributed by atoms with Gasteiger partial charge in [-0.15, -0.1) is 0 Å². The van der Waals surface area contributed by atoms with Crippen molar-refractivity contribution >= 4 is 28.2 Å². The number of Topliss-reactive ketones (excluding diaryl/α,β-unsaturated/α-hetero) is 1. The van der Waals surface area contributed by atoms with Crippen LogP contribution >= 0.6 is 0 Å². The second-order valence-electron chi connectivity index (χ2n) is 7.43. The molecule has 0 amide bonds. The van der Waals surface area contributed by atoms with Gasteiger partial charge in [0.25, 0.3) is 0 Å². The van der Waals surface area contributed by atoms with Gasteiger partial charge in [-0.2, -0.15) is 0 Å². The number of hydrogen-bond acceptors (Lipinski definition) is 5. The van der Waals surface area contributed by atoms with Gasteiger partial charge in [0, 0.05) is 23.6 Å². The molecule has 0 fully saturated rings. The number of esters is 1. The first-order chi connectivity index (χ1) is 15.7. The van der Waals surface area contributed by atoms with Crippen molar-refractivity contribution in [1.82, 2.24) is 4.98 Å². The standard InChI is InChI=1S/C27H24N2O3/c1-2-32-27(31)24(26(30)22-13-8-16-28-18-22)25(20-10-4-3-5-11-20)29-23-15-14-19-9-6-7-12-21(19)17-23/h3-18,24-25,29H,2H2,1H3. The Morgan fingerprint density at radius 1 is 0.906 bits per heavy atom. The zero-order valence-corrected chi connectivity index (χ0v) is 17.8. The van der Waals surface area contributed by atoms with E-state index in [9.17, 15) is 9.59 Å². The maximum atomic E-state index is 13.5. The number of rotatable bonds is 8. The van der Waals surface area contributed by atoms with E-state index in [4.69, 9.17) is 4.74 Å². The van der Waals surface area contributed by atoms with Crippen LogP contribution in [-0.4, -0.2) is 23.3 Å². The molecule has 1 aromatic heterocycles. The zero-order chi connectivity index (χ0) is 22.3. The zero-order valence-electron chi connectivity index (χ0n) is 17.8. The number of carbonyl (C=O) groups excluding carboxylic acids is 2. The van der Waals surface area contributed by atoms with E-state index in [1.54, 1.807) is 25.3 Å². The van der Waals surface area contributed by atoms with Gasteiger partial charge in [-0.1, -0.05) is 60.7 Å². The van der Waals surface area contributed by atoms with E-state index in [1.807, 2.05) is 72.8 Å². The molecule has 1 heterocycles. The molecule has 5 nitrogen and oxygen atoms in total. The molecule has 0 saturated carbocycles. The topological polar surface area (TPSA) is 68.3 Å². The fourth-order valence-electron chi connectivity index (χ4n) is 3.79. The first-order valence-corrected chi connectivity index (χ1v) is 10.6. The molecule has 4 rings (SSSR count). The predicted molar refractivity (Wildman–Crippen MR) is 125 cm³/mol. The Bertz CT molecular complexity index is 1210. The lowest BCUT2D eigenvalue weighted by atomic mass is 9.86. The van der Waals surface area contributed by atoms with Gasteiger partial charge in [-0.25, -0.2) is 0 Å². The number of carbonyl (C=O) groups is 2. The Labute approximate surface area is 187 Å². The lowest BCUT2D eigenvalue weighted by molar-refractivity contribution is -0.146.